The van der Waals surface area contributed by atoms with E-state index in [2.05, 4.69) is 10.6 Å². The third-order valence-electron chi connectivity index (χ3n) is 2.54. The Hall–Kier alpha value is -2.48. The number of para-hydroxylation sites is 1. The number of fused-ring (bicyclic) bond motifs is 1. The molecule has 1 aliphatic heterocycles. The molecule has 7 N–H and O–H groups in total. The van der Waals surface area contributed by atoms with Crippen LogP contribution in [0.3, 0.4) is 0 Å². The van der Waals surface area contributed by atoms with E-state index in [1.165, 1.54) is 0 Å². The molecule has 13 heteroatoms. The molecule has 2 rings (SSSR count). The molecule has 0 aliphatic carbocycles. The van der Waals surface area contributed by atoms with E-state index < -0.39 is 20.2 Å². The fraction of sp³-hybridized carbons (Fsp3) is 0.286. The first-order valence-corrected chi connectivity index (χ1v) is 10.9. The van der Waals surface area contributed by atoms with Crippen LogP contribution in [-0.4, -0.2) is 56.9 Å². The summed E-state index contributed by atoms with van der Waals surface area (Å²) in [5.41, 5.74) is 7.75. The van der Waals surface area contributed by atoms with Crippen LogP contribution < -0.4 is 16.4 Å². The molecule has 11 nitrogen and oxygen atoms in total. The van der Waals surface area contributed by atoms with Crippen LogP contribution in [0.2, 0.25) is 0 Å². The van der Waals surface area contributed by atoms with Gasteiger partial charge in [-0.25, -0.2) is 0 Å². The molecule has 0 unspecified atom stereocenters. The monoisotopic (exact) mass is 422 g/mol. The van der Waals surface area contributed by atoms with Crippen molar-refractivity contribution < 1.29 is 30.7 Å². The summed E-state index contributed by atoms with van der Waals surface area (Å²) in [7, 11) is -7.33. The summed E-state index contributed by atoms with van der Waals surface area (Å²) in [6.45, 7) is 0.689. The predicted molar refractivity (Wildman–Crippen MR) is 103 cm³/mol. The van der Waals surface area contributed by atoms with Crippen molar-refractivity contribution in [2.24, 2.45) is 5.73 Å². The highest BCUT2D eigenvalue weighted by Crippen LogP contribution is 2.22. The Balaban J connectivity index is 0.000000563. The van der Waals surface area contributed by atoms with E-state index in [4.69, 9.17) is 20.2 Å². The standard InChI is InChI=1S/C12H14N4O.2CH4O3S/c13-12(14)16-11(17)9-5-6-15-10-4-2-1-3-8(10)7-9;2*1-5(2,3)4/h1-4,7,15H,5-6H2,(H4,13,14,16,17);2*1H3,(H,2,3,4). The minimum absolute atomic E-state index is 0.309. The van der Waals surface area contributed by atoms with Gasteiger partial charge in [-0.15, -0.1) is 0 Å². The third-order valence-corrected chi connectivity index (χ3v) is 2.54. The van der Waals surface area contributed by atoms with Gasteiger partial charge in [0.1, 0.15) is 0 Å². The van der Waals surface area contributed by atoms with Gasteiger partial charge in [-0.2, -0.15) is 16.8 Å². The molecule has 152 valence electrons. The molecule has 0 bridgehead atoms. The predicted octanol–water partition coefficient (Wildman–Crippen LogP) is -0.0967. The van der Waals surface area contributed by atoms with Gasteiger partial charge in [-0.3, -0.25) is 24.6 Å². The Morgan fingerprint density at radius 1 is 1.15 bits per heavy atom. The molecule has 1 aromatic rings. The van der Waals surface area contributed by atoms with Gasteiger partial charge in [-0.05, 0) is 24.1 Å². The molecule has 1 aliphatic rings. The van der Waals surface area contributed by atoms with Gasteiger partial charge in [0.25, 0.3) is 26.1 Å². The number of anilines is 1. The molecule has 0 atom stereocenters. The van der Waals surface area contributed by atoms with Crippen LogP contribution in [0.25, 0.3) is 6.08 Å². The Kier molecular flexibility index (Phi) is 9.64. The average Bonchev–Trinajstić information content (AvgIpc) is 2.65. The second-order valence-electron chi connectivity index (χ2n) is 5.27. The summed E-state index contributed by atoms with van der Waals surface area (Å²) in [5.74, 6) is -0.641. The second kappa shape index (κ2) is 10.6. The number of carbonyl (C=O) groups excluding carboxylic acids is 1. The fourth-order valence-electron chi connectivity index (χ4n) is 1.76. The van der Waals surface area contributed by atoms with Crippen LogP contribution >= 0.6 is 0 Å². The maximum absolute atomic E-state index is 11.7. The van der Waals surface area contributed by atoms with Crippen molar-refractivity contribution >= 4 is 43.9 Å². The zero-order valence-electron chi connectivity index (χ0n) is 14.6. The van der Waals surface area contributed by atoms with Crippen molar-refractivity contribution in [2.75, 3.05) is 24.4 Å². The first kappa shape index (κ1) is 24.5. The Morgan fingerprint density at radius 3 is 2.11 bits per heavy atom. The molecule has 0 saturated heterocycles. The largest absolute Gasteiger partial charge is 0.384 e. The smallest absolute Gasteiger partial charge is 0.261 e. The first-order valence-electron chi connectivity index (χ1n) is 7.20. The molecule has 0 fully saturated rings. The summed E-state index contributed by atoms with van der Waals surface area (Å²) >= 11 is 0. The minimum atomic E-state index is -3.67. The highest BCUT2D eigenvalue weighted by atomic mass is 32.2. The van der Waals surface area contributed by atoms with E-state index in [9.17, 15) is 21.6 Å². The number of hydrogen-bond donors (Lipinski definition) is 6. The van der Waals surface area contributed by atoms with Gasteiger partial charge in [-0.1, -0.05) is 18.2 Å². The number of nitrogens with one attached hydrogen (secondary N) is 3. The summed E-state index contributed by atoms with van der Waals surface area (Å²) < 4.78 is 51.7. The van der Waals surface area contributed by atoms with Gasteiger partial charge in [0.2, 0.25) is 0 Å². The first-order chi connectivity index (χ1) is 12.2. The average molecular weight is 422 g/mol. The van der Waals surface area contributed by atoms with Crippen molar-refractivity contribution in [3.8, 4) is 0 Å². The maximum Gasteiger partial charge on any atom is 0.261 e. The zero-order chi connectivity index (χ0) is 21.3. The zero-order valence-corrected chi connectivity index (χ0v) is 16.3. The van der Waals surface area contributed by atoms with Crippen molar-refractivity contribution in [1.82, 2.24) is 5.32 Å². The van der Waals surface area contributed by atoms with Gasteiger partial charge in [0, 0.05) is 17.8 Å². The lowest BCUT2D eigenvalue weighted by Gasteiger charge is -2.05. The van der Waals surface area contributed by atoms with Crippen LogP contribution in [0, 0.1) is 5.41 Å². The molecule has 0 spiro atoms. The summed E-state index contributed by atoms with van der Waals surface area (Å²) in [5, 5.41) is 12.6. The lowest BCUT2D eigenvalue weighted by Crippen LogP contribution is -2.36. The van der Waals surface area contributed by atoms with Gasteiger partial charge >= 0.3 is 0 Å². The number of guanidine groups is 1. The summed E-state index contributed by atoms with van der Waals surface area (Å²) in [4.78, 5) is 11.7. The van der Waals surface area contributed by atoms with E-state index in [0.29, 0.717) is 31.1 Å². The molecule has 1 heterocycles. The van der Waals surface area contributed by atoms with Gasteiger partial charge in [0.15, 0.2) is 5.96 Å². The molecule has 0 saturated carbocycles. The van der Waals surface area contributed by atoms with Crippen LogP contribution in [-0.2, 0) is 25.0 Å². The lowest BCUT2D eigenvalue weighted by molar-refractivity contribution is -0.116. The van der Waals surface area contributed by atoms with Crippen LogP contribution in [0.5, 0.6) is 0 Å². The molecule has 1 amide bonds. The normalized spacial score (nSPS) is 13.0. The van der Waals surface area contributed by atoms with Crippen LogP contribution in [0.15, 0.2) is 29.8 Å². The quantitative estimate of drug-likeness (QED) is 0.203. The number of hydrogen-bond acceptors (Lipinski definition) is 7. The Bertz CT molecular complexity index is 863. The molecular weight excluding hydrogens is 400 g/mol. The Morgan fingerprint density at radius 2 is 1.63 bits per heavy atom. The van der Waals surface area contributed by atoms with Crippen LogP contribution in [0.1, 0.15) is 12.0 Å². The van der Waals surface area contributed by atoms with Gasteiger partial charge in [0.05, 0.1) is 12.5 Å². The van der Waals surface area contributed by atoms with Crippen LogP contribution in [0.4, 0.5) is 5.69 Å². The van der Waals surface area contributed by atoms with E-state index >= 15 is 0 Å². The Labute approximate surface area is 157 Å². The summed E-state index contributed by atoms with van der Waals surface area (Å²) in [6.07, 6.45) is 3.86. The van der Waals surface area contributed by atoms with E-state index in [-0.39, 0.29) is 11.9 Å². The highest BCUT2D eigenvalue weighted by Gasteiger charge is 2.14. The number of benzene rings is 1. The van der Waals surface area contributed by atoms with Crippen molar-refractivity contribution in [2.45, 2.75) is 6.42 Å². The van der Waals surface area contributed by atoms with Crippen molar-refractivity contribution in [1.29, 1.82) is 5.41 Å². The maximum atomic E-state index is 11.7. The minimum Gasteiger partial charge on any atom is -0.384 e. The molecule has 0 radical (unpaired) electrons. The number of rotatable bonds is 1. The molecular formula is C14H22N4O7S2. The van der Waals surface area contributed by atoms with Crippen molar-refractivity contribution in [3.05, 3.63) is 35.4 Å². The van der Waals surface area contributed by atoms with E-state index in [1.54, 1.807) is 0 Å². The van der Waals surface area contributed by atoms with Gasteiger partial charge < -0.3 is 11.1 Å². The number of nitrogens with two attached hydrogens (primary N) is 1. The number of amides is 1. The summed E-state index contributed by atoms with van der Waals surface area (Å²) in [6, 6.07) is 7.77. The lowest BCUT2D eigenvalue weighted by atomic mass is 10.1. The third kappa shape index (κ3) is 15.5. The molecule has 1 aromatic carbocycles. The van der Waals surface area contributed by atoms with E-state index in [0.717, 1.165) is 11.3 Å². The topological polar surface area (TPSA) is 200 Å². The molecule has 0 aromatic heterocycles. The highest BCUT2D eigenvalue weighted by molar-refractivity contribution is 7.85. The van der Waals surface area contributed by atoms with E-state index in [1.807, 2.05) is 30.3 Å². The SMILES string of the molecule is CS(=O)(=O)O.CS(=O)(=O)O.N=C(N)NC(=O)C1=Cc2ccccc2NCC1. The second-order valence-corrected chi connectivity index (χ2v) is 8.20. The molecule has 27 heavy (non-hydrogen) atoms. The number of carbonyl (C=O) groups is 1. The fourth-order valence-corrected chi connectivity index (χ4v) is 1.76. The van der Waals surface area contributed by atoms with Crippen molar-refractivity contribution in [3.63, 3.8) is 0 Å².